The maximum absolute atomic E-state index is 12.7. The number of halogens is 2. The van der Waals surface area contributed by atoms with Gasteiger partial charge in [-0.05, 0) is 28.9 Å². The summed E-state index contributed by atoms with van der Waals surface area (Å²) in [5.74, 6) is -0.358. The summed E-state index contributed by atoms with van der Waals surface area (Å²) in [4.78, 5) is 0.576. The van der Waals surface area contributed by atoms with Gasteiger partial charge >= 0.3 is 0 Å². The molecule has 0 amide bonds. The summed E-state index contributed by atoms with van der Waals surface area (Å²) in [6, 6.07) is 3.58. The molecule has 1 aromatic rings. The molecular weight excluding hydrogens is 400 g/mol. The number of thiophene rings is 1. The molecule has 1 aliphatic heterocycles. The lowest BCUT2D eigenvalue weighted by Gasteiger charge is -2.28. The largest absolute Gasteiger partial charge is 0.379 e. The van der Waals surface area contributed by atoms with E-state index in [-0.39, 0.29) is 25.4 Å². The quantitative estimate of drug-likeness (QED) is 0.818. The van der Waals surface area contributed by atoms with Crippen LogP contribution in [0, 0.1) is 11.3 Å². The van der Waals surface area contributed by atoms with Gasteiger partial charge in [-0.3, -0.25) is 0 Å². The van der Waals surface area contributed by atoms with Crippen molar-refractivity contribution in [2.24, 2.45) is 5.73 Å². The number of hydrogen-bond donors (Lipinski definition) is 1. The van der Waals surface area contributed by atoms with Crippen molar-refractivity contribution in [1.82, 2.24) is 0 Å². The summed E-state index contributed by atoms with van der Waals surface area (Å²) >= 11 is 10.7. The van der Waals surface area contributed by atoms with Gasteiger partial charge < -0.3 is 10.5 Å². The Morgan fingerprint density at radius 2 is 2.38 bits per heavy atom. The van der Waals surface area contributed by atoms with Crippen molar-refractivity contribution in [1.29, 1.82) is 5.26 Å². The molecule has 0 bridgehead atoms. The first-order chi connectivity index (χ1) is 9.63. The third-order valence-electron chi connectivity index (χ3n) is 3.45. The zero-order valence-corrected chi connectivity index (χ0v) is 15.2. The zero-order chi connectivity index (χ0) is 15.9. The van der Waals surface area contributed by atoms with Gasteiger partial charge in [0.15, 0.2) is 14.6 Å². The van der Waals surface area contributed by atoms with Crippen molar-refractivity contribution in [3.8, 4) is 6.07 Å². The van der Waals surface area contributed by atoms with Crippen LogP contribution in [0.2, 0.25) is 5.02 Å². The SMILES string of the molecule is CC(N)(CS(=O)(=O)C1(C#N)CCOC1)c1sc(Br)cc1Cl. The predicted octanol–water partition coefficient (Wildman–Crippen LogP) is 2.44. The van der Waals surface area contributed by atoms with Gasteiger partial charge in [0.1, 0.15) is 0 Å². The van der Waals surface area contributed by atoms with Gasteiger partial charge in [-0.2, -0.15) is 5.26 Å². The standard InChI is InChI=1S/C12H14BrClN2O3S2/c1-11(16,10-8(14)4-9(13)20-10)7-21(17,18)12(5-15)2-3-19-6-12/h4H,2-3,6-7,16H2,1H3. The van der Waals surface area contributed by atoms with E-state index in [1.54, 1.807) is 13.0 Å². The third-order valence-corrected chi connectivity index (χ3v) is 8.36. The second-order valence-corrected chi connectivity index (χ2v) is 10.5. The van der Waals surface area contributed by atoms with Crippen LogP contribution in [0.25, 0.3) is 0 Å². The molecular formula is C12H14BrClN2O3S2. The van der Waals surface area contributed by atoms with E-state index in [0.717, 1.165) is 3.79 Å². The minimum absolute atomic E-state index is 0.107. The topological polar surface area (TPSA) is 93.2 Å². The van der Waals surface area contributed by atoms with Crippen molar-refractivity contribution < 1.29 is 13.2 Å². The van der Waals surface area contributed by atoms with Crippen LogP contribution in [-0.4, -0.2) is 32.1 Å². The van der Waals surface area contributed by atoms with Crippen LogP contribution in [-0.2, 0) is 20.1 Å². The first-order valence-corrected chi connectivity index (χ1v) is 9.73. The number of nitrogens with zero attached hydrogens (tertiary/aromatic N) is 1. The maximum Gasteiger partial charge on any atom is 0.183 e. The molecule has 0 radical (unpaired) electrons. The lowest BCUT2D eigenvalue weighted by Crippen LogP contribution is -2.48. The molecule has 2 unspecified atom stereocenters. The minimum Gasteiger partial charge on any atom is -0.379 e. The molecule has 2 rings (SSSR count). The predicted molar refractivity (Wildman–Crippen MR) is 86.1 cm³/mol. The van der Waals surface area contributed by atoms with Crippen LogP contribution in [0.5, 0.6) is 0 Å². The third kappa shape index (κ3) is 3.14. The molecule has 116 valence electrons. The van der Waals surface area contributed by atoms with Crippen molar-refractivity contribution >= 4 is 48.7 Å². The summed E-state index contributed by atoms with van der Waals surface area (Å²) in [5.41, 5.74) is 5.03. The normalized spacial score (nSPS) is 25.5. The van der Waals surface area contributed by atoms with Gasteiger partial charge in [0.2, 0.25) is 0 Å². The summed E-state index contributed by atoms with van der Waals surface area (Å²) in [5, 5.41) is 9.71. The molecule has 2 heterocycles. The summed E-state index contributed by atoms with van der Waals surface area (Å²) < 4.78 is 29.7. The average Bonchev–Trinajstić information content (AvgIpc) is 2.95. The van der Waals surface area contributed by atoms with Gasteiger partial charge in [-0.15, -0.1) is 11.3 Å². The van der Waals surface area contributed by atoms with Gasteiger partial charge in [0.25, 0.3) is 0 Å². The van der Waals surface area contributed by atoms with E-state index in [1.807, 2.05) is 6.07 Å². The van der Waals surface area contributed by atoms with Crippen LogP contribution in [0.15, 0.2) is 9.85 Å². The van der Waals surface area contributed by atoms with Crippen molar-refractivity contribution in [2.45, 2.75) is 23.6 Å². The Balaban J connectivity index is 2.36. The Bertz CT molecular complexity index is 688. The molecule has 9 heteroatoms. The van der Waals surface area contributed by atoms with Crippen molar-refractivity contribution in [2.75, 3.05) is 19.0 Å². The molecule has 0 aromatic carbocycles. The van der Waals surface area contributed by atoms with Crippen LogP contribution >= 0.6 is 38.9 Å². The number of sulfone groups is 1. The van der Waals surface area contributed by atoms with Gasteiger partial charge in [-0.25, -0.2) is 8.42 Å². The van der Waals surface area contributed by atoms with Crippen LogP contribution in [0.1, 0.15) is 18.2 Å². The van der Waals surface area contributed by atoms with Gasteiger partial charge in [0.05, 0.1) is 32.8 Å². The lowest BCUT2D eigenvalue weighted by atomic mass is 10.1. The highest BCUT2D eigenvalue weighted by Crippen LogP contribution is 2.39. The molecule has 1 saturated heterocycles. The highest BCUT2D eigenvalue weighted by molar-refractivity contribution is 9.11. The number of rotatable bonds is 4. The molecule has 1 aromatic heterocycles. The van der Waals surface area contributed by atoms with E-state index in [4.69, 9.17) is 22.1 Å². The molecule has 2 N–H and O–H groups in total. The summed E-state index contributed by atoms with van der Waals surface area (Å²) in [6.07, 6.45) is 0.170. The van der Waals surface area contributed by atoms with Gasteiger partial charge in [-0.1, -0.05) is 11.6 Å². The summed E-state index contributed by atoms with van der Waals surface area (Å²) in [7, 11) is -3.76. The molecule has 21 heavy (non-hydrogen) atoms. The smallest absolute Gasteiger partial charge is 0.183 e. The molecule has 2 atom stereocenters. The monoisotopic (exact) mass is 412 g/mol. The number of nitriles is 1. The van der Waals surface area contributed by atoms with E-state index in [9.17, 15) is 13.7 Å². The summed E-state index contributed by atoms with van der Waals surface area (Å²) in [6.45, 7) is 1.76. The molecule has 0 saturated carbocycles. The number of hydrogen-bond acceptors (Lipinski definition) is 6. The van der Waals surface area contributed by atoms with E-state index in [1.165, 1.54) is 11.3 Å². The molecule has 1 aliphatic rings. The Labute approximate surface area is 141 Å². The Morgan fingerprint density at radius 1 is 1.71 bits per heavy atom. The second kappa shape index (κ2) is 5.80. The average molecular weight is 414 g/mol. The molecule has 1 fully saturated rings. The number of ether oxygens (including phenoxy) is 1. The highest BCUT2D eigenvalue weighted by atomic mass is 79.9. The fourth-order valence-corrected chi connectivity index (χ4v) is 6.56. The molecule has 0 aliphatic carbocycles. The van der Waals surface area contributed by atoms with Gasteiger partial charge in [0, 0.05) is 17.9 Å². The number of nitrogens with two attached hydrogens (primary N) is 1. The van der Waals surface area contributed by atoms with Crippen molar-refractivity contribution in [3.05, 3.63) is 19.8 Å². The first-order valence-electron chi connectivity index (χ1n) is 6.09. The first kappa shape index (κ1) is 17.2. The molecule has 0 spiro atoms. The minimum atomic E-state index is -3.76. The highest BCUT2D eigenvalue weighted by Gasteiger charge is 2.50. The van der Waals surface area contributed by atoms with E-state index < -0.39 is 20.1 Å². The Kier molecular flexibility index (Phi) is 4.74. The second-order valence-electron chi connectivity index (χ2n) is 5.31. The van der Waals surface area contributed by atoms with E-state index in [2.05, 4.69) is 15.9 Å². The fourth-order valence-electron chi connectivity index (χ4n) is 2.28. The van der Waals surface area contributed by atoms with Crippen molar-refractivity contribution in [3.63, 3.8) is 0 Å². The Hall–Kier alpha value is -0.170. The fraction of sp³-hybridized carbons (Fsp3) is 0.583. The van der Waals surface area contributed by atoms with Crippen LogP contribution in [0.3, 0.4) is 0 Å². The van der Waals surface area contributed by atoms with E-state index in [0.29, 0.717) is 9.90 Å². The zero-order valence-electron chi connectivity index (χ0n) is 11.2. The van der Waals surface area contributed by atoms with Crippen LogP contribution in [0.4, 0.5) is 0 Å². The Morgan fingerprint density at radius 3 is 2.81 bits per heavy atom. The molecule has 5 nitrogen and oxygen atoms in total. The lowest BCUT2D eigenvalue weighted by molar-refractivity contribution is 0.194. The maximum atomic E-state index is 12.7. The van der Waals surface area contributed by atoms with Crippen LogP contribution < -0.4 is 5.73 Å². The van der Waals surface area contributed by atoms with E-state index >= 15 is 0 Å².